The summed E-state index contributed by atoms with van der Waals surface area (Å²) in [6.45, 7) is -0.740. The van der Waals surface area contributed by atoms with Crippen molar-refractivity contribution in [3.8, 4) is 0 Å². The zero-order valence-electron chi connectivity index (χ0n) is 7.64. The zero-order valence-corrected chi connectivity index (χ0v) is 7.64. The van der Waals surface area contributed by atoms with E-state index in [2.05, 4.69) is 0 Å². The molecule has 0 bridgehead atoms. The highest BCUT2D eigenvalue weighted by molar-refractivity contribution is 5.95. The van der Waals surface area contributed by atoms with Gasteiger partial charge in [-0.1, -0.05) is 0 Å². The van der Waals surface area contributed by atoms with Crippen molar-refractivity contribution in [1.29, 1.82) is 0 Å². The van der Waals surface area contributed by atoms with Crippen LogP contribution in [0.4, 0.5) is 18.9 Å². The summed E-state index contributed by atoms with van der Waals surface area (Å²) in [5.41, 5.74) is 5.07. The molecule has 0 aliphatic heterocycles. The molecule has 15 heavy (non-hydrogen) atoms. The normalized spacial score (nSPS) is 10.4. The average molecular weight is 218 g/mol. The fourth-order valence-corrected chi connectivity index (χ4v) is 0.957. The highest BCUT2D eigenvalue weighted by Crippen LogP contribution is 2.11. The average Bonchev–Trinajstić information content (AvgIpc) is 2.18. The Morgan fingerprint density at radius 3 is 2.67 bits per heavy atom. The standard InChI is InChI=1S/C9H9F3N2O/c10-6-2-1-5(3-7(6)13)9(15)14-4-8(11)12/h1-3,8H,4,13H2,(H,14,15). The number of rotatable bonds is 3. The smallest absolute Gasteiger partial charge is 0.255 e. The maximum Gasteiger partial charge on any atom is 0.255 e. The maximum absolute atomic E-state index is 12.7. The second kappa shape index (κ2) is 4.68. The second-order valence-electron chi connectivity index (χ2n) is 2.84. The number of nitrogen functional groups attached to an aromatic ring is 1. The van der Waals surface area contributed by atoms with Crippen LogP contribution in [0.25, 0.3) is 0 Å². The van der Waals surface area contributed by atoms with Crippen LogP contribution in [0, 0.1) is 5.82 Å². The van der Waals surface area contributed by atoms with Crippen LogP contribution in [0.5, 0.6) is 0 Å². The Hall–Kier alpha value is -1.72. The van der Waals surface area contributed by atoms with Crippen molar-refractivity contribution < 1.29 is 18.0 Å². The van der Waals surface area contributed by atoms with Crippen molar-refractivity contribution in [2.75, 3.05) is 12.3 Å². The first-order chi connectivity index (χ1) is 7.00. The minimum atomic E-state index is -2.62. The Balaban J connectivity index is 2.70. The molecule has 3 N–H and O–H groups in total. The summed E-state index contributed by atoms with van der Waals surface area (Å²) in [6.07, 6.45) is -2.62. The minimum Gasteiger partial charge on any atom is -0.396 e. The van der Waals surface area contributed by atoms with E-state index in [0.717, 1.165) is 12.1 Å². The van der Waals surface area contributed by atoms with E-state index in [1.807, 2.05) is 5.32 Å². The number of carbonyl (C=O) groups excluding carboxylic acids is 1. The summed E-state index contributed by atoms with van der Waals surface area (Å²) < 4.78 is 36.2. The second-order valence-corrected chi connectivity index (χ2v) is 2.84. The molecular weight excluding hydrogens is 209 g/mol. The van der Waals surface area contributed by atoms with Gasteiger partial charge in [-0.3, -0.25) is 4.79 Å². The van der Waals surface area contributed by atoms with E-state index < -0.39 is 24.7 Å². The number of hydrogen-bond acceptors (Lipinski definition) is 2. The van der Waals surface area contributed by atoms with Crippen molar-refractivity contribution in [3.63, 3.8) is 0 Å². The molecule has 1 amide bonds. The molecule has 0 fully saturated rings. The van der Waals surface area contributed by atoms with Crippen LogP contribution < -0.4 is 11.1 Å². The molecule has 1 aromatic carbocycles. The van der Waals surface area contributed by atoms with Crippen molar-refractivity contribution in [2.24, 2.45) is 0 Å². The molecule has 0 aliphatic rings. The Kier molecular flexibility index (Phi) is 3.54. The molecule has 3 nitrogen and oxygen atoms in total. The van der Waals surface area contributed by atoms with Crippen molar-refractivity contribution in [3.05, 3.63) is 29.6 Å². The molecule has 0 unspecified atom stereocenters. The number of nitrogens with one attached hydrogen (secondary N) is 1. The number of hydrogen-bond donors (Lipinski definition) is 2. The quantitative estimate of drug-likeness (QED) is 0.753. The van der Waals surface area contributed by atoms with Crippen LogP contribution in [0.2, 0.25) is 0 Å². The Morgan fingerprint density at radius 1 is 1.47 bits per heavy atom. The Labute approximate surface area is 84.1 Å². The molecule has 1 aromatic rings. The molecule has 0 saturated heterocycles. The Morgan fingerprint density at radius 2 is 2.13 bits per heavy atom. The lowest BCUT2D eigenvalue weighted by atomic mass is 10.2. The van der Waals surface area contributed by atoms with Gasteiger partial charge in [0, 0.05) is 5.56 Å². The van der Waals surface area contributed by atoms with Crippen molar-refractivity contribution in [1.82, 2.24) is 5.32 Å². The van der Waals surface area contributed by atoms with E-state index in [4.69, 9.17) is 5.73 Å². The molecule has 0 heterocycles. The number of amides is 1. The molecule has 1 rings (SSSR count). The van der Waals surface area contributed by atoms with Crippen molar-refractivity contribution >= 4 is 11.6 Å². The fraction of sp³-hybridized carbons (Fsp3) is 0.222. The Bertz CT molecular complexity index is 368. The van der Waals surface area contributed by atoms with Gasteiger partial charge in [-0.15, -0.1) is 0 Å². The summed E-state index contributed by atoms with van der Waals surface area (Å²) in [6, 6.07) is 3.27. The molecule has 6 heteroatoms. The number of anilines is 1. The molecule has 82 valence electrons. The van der Waals surface area contributed by atoms with Gasteiger partial charge in [-0.2, -0.15) is 0 Å². The van der Waals surface area contributed by atoms with Crippen LogP contribution in [0.1, 0.15) is 10.4 Å². The van der Waals surface area contributed by atoms with Gasteiger partial charge >= 0.3 is 0 Å². The van der Waals surface area contributed by atoms with Crippen LogP contribution >= 0.6 is 0 Å². The first-order valence-electron chi connectivity index (χ1n) is 4.12. The van der Waals surface area contributed by atoms with Gasteiger partial charge in [0.2, 0.25) is 0 Å². The molecule has 0 aliphatic carbocycles. The van der Waals surface area contributed by atoms with Gasteiger partial charge in [0.05, 0.1) is 12.2 Å². The lowest BCUT2D eigenvalue weighted by Gasteiger charge is -2.05. The molecule has 0 atom stereocenters. The summed E-state index contributed by atoms with van der Waals surface area (Å²) >= 11 is 0. The summed E-state index contributed by atoms with van der Waals surface area (Å²) in [7, 11) is 0. The molecule has 0 radical (unpaired) electrons. The topological polar surface area (TPSA) is 55.1 Å². The van der Waals surface area contributed by atoms with Crippen molar-refractivity contribution in [2.45, 2.75) is 6.43 Å². The first kappa shape index (κ1) is 11.4. The summed E-state index contributed by atoms with van der Waals surface area (Å²) in [4.78, 5) is 11.2. The van der Waals surface area contributed by atoms with Gasteiger partial charge in [0.25, 0.3) is 12.3 Å². The van der Waals surface area contributed by atoms with E-state index in [9.17, 15) is 18.0 Å². The third-order valence-electron chi connectivity index (χ3n) is 1.68. The fourth-order valence-electron chi connectivity index (χ4n) is 0.957. The largest absolute Gasteiger partial charge is 0.396 e. The highest BCUT2D eigenvalue weighted by Gasteiger charge is 2.10. The lowest BCUT2D eigenvalue weighted by molar-refractivity contribution is 0.0891. The van der Waals surface area contributed by atoms with E-state index in [1.165, 1.54) is 6.07 Å². The van der Waals surface area contributed by atoms with E-state index in [-0.39, 0.29) is 11.3 Å². The van der Waals surface area contributed by atoms with Gasteiger partial charge < -0.3 is 11.1 Å². The summed E-state index contributed by atoms with van der Waals surface area (Å²) in [5.74, 6) is -1.36. The van der Waals surface area contributed by atoms with Gasteiger partial charge in [-0.25, -0.2) is 13.2 Å². The highest BCUT2D eigenvalue weighted by atomic mass is 19.3. The minimum absolute atomic E-state index is 0.0505. The van der Waals surface area contributed by atoms with Gasteiger partial charge in [-0.05, 0) is 18.2 Å². The maximum atomic E-state index is 12.7. The predicted molar refractivity (Wildman–Crippen MR) is 49.1 cm³/mol. The third-order valence-corrected chi connectivity index (χ3v) is 1.68. The number of carbonyl (C=O) groups is 1. The number of nitrogens with two attached hydrogens (primary N) is 1. The first-order valence-corrected chi connectivity index (χ1v) is 4.12. The predicted octanol–water partition coefficient (Wildman–Crippen LogP) is 1.40. The van der Waals surface area contributed by atoms with Gasteiger partial charge in [0.15, 0.2) is 0 Å². The van der Waals surface area contributed by atoms with Crippen LogP contribution in [0.15, 0.2) is 18.2 Å². The molecule has 0 aromatic heterocycles. The number of benzene rings is 1. The molecular formula is C9H9F3N2O. The van der Waals surface area contributed by atoms with Crippen LogP contribution in [0.3, 0.4) is 0 Å². The van der Waals surface area contributed by atoms with E-state index in [0.29, 0.717) is 0 Å². The van der Waals surface area contributed by atoms with E-state index in [1.54, 1.807) is 0 Å². The van der Waals surface area contributed by atoms with Gasteiger partial charge in [0.1, 0.15) is 5.82 Å². The van der Waals surface area contributed by atoms with E-state index >= 15 is 0 Å². The zero-order chi connectivity index (χ0) is 11.4. The molecule has 0 saturated carbocycles. The van der Waals surface area contributed by atoms with Crippen LogP contribution in [-0.4, -0.2) is 18.9 Å². The lowest BCUT2D eigenvalue weighted by Crippen LogP contribution is -2.28. The monoisotopic (exact) mass is 218 g/mol. The third kappa shape index (κ3) is 3.16. The summed E-state index contributed by atoms with van der Waals surface area (Å²) in [5, 5.41) is 1.98. The number of alkyl halides is 2. The number of halogens is 3. The molecule has 0 spiro atoms. The van der Waals surface area contributed by atoms with Crippen LogP contribution in [-0.2, 0) is 0 Å². The SMILES string of the molecule is Nc1cc(C(=O)NCC(F)F)ccc1F.